The number of hydrazone groups is 1. The number of benzene rings is 2. The fraction of sp³-hybridized carbons (Fsp3) is 0.320. The van der Waals surface area contributed by atoms with Crippen LogP contribution in [0.1, 0.15) is 49.9 Å². The first-order chi connectivity index (χ1) is 14.7. The van der Waals surface area contributed by atoms with Crippen LogP contribution in [0.25, 0.3) is 10.9 Å². The molecule has 0 aliphatic carbocycles. The summed E-state index contributed by atoms with van der Waals surface area (Å²) in [7, 11) is 1.64. The Hall–Kier alpha value is -2.92. The largest absolute Gasteiger partial charge is 0.497 e. The molecule has 0 unspecified atom stereocenters. The third kappa shape index (κ3) is 4.02. The predicted molar refractivity (Wildman–Crippen MR) is 125 cm³/mol. The Balaban J connectivity index is 1.79. The van der Waals surface area contributed by atoms with Crippen LogP contribution in [0.2, 0.25) is 5.15 Å². The Morgan fingerprint density at radius 1 is 1.16 bits per heavy atom. The summed E-state index contributed by atoms with van der Waals surface area (Å²) in [6.07, 6.45) is 0.562. The van der Waals surface area contributed by atoms with Gasteiger partial charge in [0.05, 0.1) is 24.4 Å². The van der Waals surface area contributed by atoms with Crippen molar-refractivity contribution in [2.45, 2.75) is 40.2 Å². The number of amides is 1. The molecule has 1 atom stereocenters. The zero-order valence-electron chi connectivity index (χ0n) is 18.4. The maximum absolute atomic E-state index is 13.3. The highest BCUT2D eigenvalue weighted by atomic mass is 35.5. The molecule has 2 heterocycles. The van der Waals surface area contributed by atoms with Crippen LogP contribution in [-0.4, -0.2) is 28.7 Å². The average molecular weight is 436 g/mol. The van der Waals surface area contributed by atoms with Gasteiger partial charge in [0.2, 0.25) is 5.91 Å². The van der Waals surface area contributed by atoms with Gasteiger partial charge in [-0.15, -0.1) is 0 Å². The van der Waals surface area contributed by atoms with Crippen molar-refractivity contribution in [2.75, 3.05) is 7.11 Å². The van der Waals surface area contributed by atoms with E-state index in [9.17, 15) is 4.79 Å². The van der Waals surface area contributed by atoms with E-state index in [2.05, 4.69) is 4.98 Å². The summed E-state index contributed by atoms with van der Waals surface area (Å²) in [5.74, 6) is 0.722. The number of hydrogen-bond acceptors (Lipinski definition) is 4. The number of hydrogen-bond donors (Lipinski definition) is 0. The molecule has 160 valence electrons. The van der Waals surface area contributed by atoms with E-state index in [0.29, 0.717) is 11.6 Å². The molecule has 0 radical (unpaired) electrons. The molecule has 1 aromatic heterocycles. The Morgan fingerprint density at radius 3 is 2.52 bits per heavy atom. The minimum Gasteiger partial charge on any atom is -0.497 e. The van der Waals surface area contributed by atoms with E-state index in [1.54, 1.807) is 12.1 Å². The Morgan fingerprint density at radius 2 is 1.87 bits per heavy atom. The lowest BCUT2D eigenvalue weighted by atomic mass is 9.93. The first-order valence-corrected chi connectivity index (χ1v) is 10.7. The Bertz CT molecular complexity index is 1180. The van der Waals surface area contributed by atoms with Crippen molar-refractivity contribution in [1.29, 1.82) is 0 Å². The Kier molecular flexibility index (Phi) is 5.48. The second-order valence-electron chi connectivity index (χ2n) is 8.91. The van der Waals surface area contributed by atoms with E-state index in [0.717, 1.165) is 39.1 Å². The summed E-state index contributed by atoms with van der Waals surface area (Å²) in [6.45, 7) is 7.71. The van der Waals surface area contributed by atoms with E-state index in [1.165, 1.54) is 0 Å². The molecule has 6 heteroatoms. The molecule has 0 bridgehead atoms. The van der Waals surface area contributed by atoms with Gasteiger partial charge in [-0.25, -0.2) is 9.99 Å². The number of ether oxygens (including phenoxy) is 1. The number of carbonyl (C=O) groups excluding carboxylic acids is 1. The number of rotatable bonds is 3. The smallest absolute Gasteiger partial charge is 0.248 e. The zero-order valence-corrected chi connectivity index (χ0v) is 19.2. The van der Waals surface area contributed by atoms with Crippen molar-refractivity contribution < 1.29 is 9.53 Å². The number of aromatic nitrogens is 1. The van der Waals surface area contributed by atoms with Gasteiger partial charge in [0.15, 0.2) is 0 Å². The molecule has 1 aliphatic heterocycles. The molecule has 1 amide bonds. The van der Waals surface area contributed by atoms with E-state index in [-0.39, 0.29) is 11.9 Å². The SMILES string of the molecule is COc1ccc(C2=NN(C(=O)C(C)(C)C)[C@@H](c3cc4cccc(C)c4nc3Cl)C2)cc1. The molecule has 0 N–H and O–H groups in total. The molecule has 4 rings (SSSR count). The molecule has 0 spiro atoms. The summed E-state index contributed by atoms with van der Waals surface area (Å²) < 4.78 is 5.26. The van der Waals surface area contributed by atoms with Gasteiger partial charge in [-0.1, -0.05) is 50.6 Å². The molecule has 3 aromatic rings. The number of fused-ring (bicyclic) bond motifs is 1. The van der Waals surface area contributed by atoms with Gasteiger partial charge >= 0.3 is 0 Å². The number of para-hydroxylation sites is 1. The van der Waals surface area contributed by atoms with Gasteiger partial charge in [-0.3, -0.25) is 4.79 Å². The van der Waals surface area contributed by atoms with Crippen LogP contribution in [0.15, 0.2) is 53.6 Å². The number of nitrogens with zero attached hydrogens (tertiary/aromatic N) is 3. The van der Waals surface area contributed by atoms with Crippen LogP contribution in [0.3, 0.4) is 0 Å². The summed E-state index contributed by atoms with van der Waals surface area (Å²) in [4.78, 5) is 17.9. The minimum absolute atomic E-state index is 0.0542. The third-order valence-electron chi connectivity index (χ3n) is 5.57. The highest BCUT2D eigenvalue weighted by molar-refractivity contribution is 6.30. The molecule has 1 aliphatic rings. The van der Waals surface area contributed by atoms with Gasteiger partial charge in [-0.2, -0.15) is 5.10 Å². The summed E-state index contributed by atoms with van der Waals surface area (Å²) in [6, 6.07) is 15.5. The fourth-order valence-corrected chi connectivity index (χ4v) is 4.08. The molecule has 0 saturated heterocycles. The molecule has 0 saturated carbocycles. The molecular weight excluding hydrogens is 410 g/mol. The van der Waals surface area contributed by atoms with Gasteiger partial charge in [-0.05, 0) is 48.4 Å². The van der Waals surface area contributed by atoms with Crippen LogP contribution < -0.4 is 4.74 Å². The quantitative estimate of drug-likeness (QED) is 0.479. The lowest BCUT2D eigenvalue weighted by Crippen LogP contribution is -2.36. The molecule has 5 nitrogen and oxygen atoms in total. The van der Waals surface area contributed by atoms with Crippen LogP contribution in [-0.2, 0) is 4.79 Å². The summed E-state index contributed by atoms with van der Waals surface area (Å²) in [5.41, 5.74) is 3.96. The molecule has 31 heavy (non-hydrogen) atoms. The van der Waals surface area contributed by atoms with Crippen molar-refractivity contribution in [3.05, 3.63) is 70.4 Å². The van der Waals surface area contributed by atoms with Gasteiger partial charge < -0.3 is 4.74 Å². The number of methoxy groups -OCH3 is 1. The fourth-order valence-electron chi connectivity index (χ4n) is 3.82. The first kappa shape index (κ1) is 21.3. The maximum atomic E-state index is 13.3. The van der Waals surface area contributed by atoms with E-state index >= 15 is 0 Å². The lowest BCUT2D eigenvalue weighted by molar-refractivity contribution is -0.141. The Labute approximate surface area is 187 Å². The zero-order chi connectivity index (χ0) is 22.3. The highest BCUT2D eigenvalue weighted by Gasteiger charge is 2.39. The monoisotopic (exact) mass is 435 g/mol. The van der Waals surface area contributed by atoms with Crippen molar-refractivity contribution in [3.8, 4) is 5.75 Å². The minimum atomic E-state index is -0.579. The third-order valence-corrected chi connectivity index (χ3v) is 5.87. The number of carbonyl (C=O) groups is 1. The lowest BCUT2D eigenvalue weighted by Gasteiger charge is -2.28. The number of aryl methyl sites for hydroxylation is 1. The van der Waals surface area contributed by atoms with E-state index in [1.807, 2.05) is 76.2 Å². The first-order valence-electron chi connectivity index (χ1n) is 10.3. The highest BCUT2D eigenvalue weighted by Crippen LogP contribution is 2.39. The summed E-state index contributed by atoms with van der Waals surface area (Å²) >= 11 is 6.66. The standard InChI is InChI=1S/C25H26ClN3O2/c1-15-7-6-8-17-13-19(23(26)27-22(15)17)21-14-20(16-9-11-18(31-5)12-10-16)28-29(21)24(30)25(2,3)4/h6-13,21H,14H2,1-5H3/t21-/m1/s1. The molecule has 0 fully saturated rings. The summed E-state index contributed by atoms with van der Waals surface area (Å²) in [5, 5.41) is 7.74. The predicted octanol–water partition coefficient (Wildman–Crippen LogP) is 5.93. The topological polar surface area (TPSA) is 54.8 Å². The average Bonchev–Trinajstić information content (AvgIpc) is 3.18. The molecular formula is C25H26ClN3O2. The van der Waals surface area contributed by atoms with Gasteiger partial charge in [0.25, 0.3) is 0 Å². The van der Waals surface area contributed by atoms with Crippen molar-refractivity contribution in [1.82, 2.24) is 9.99 Å². The van der Waals surface area contributed by atoms with Crippen LogP contribution in [0.5, 0.6) is 5.75 Å². The van der Waals surface area contributed by atoms with E-state index in [4.69, 9.17) is 21.4 Å². The second kappa shape index (κ2) is 7.97. The van der Waals surface area contributed by atoms with Crippen molar-refractivity contribution in [2.24, 2.45) is 10.5 Å². The normalized spacial score (nSPS) is 16.5. The molecule has 2 aromatic carbocycles. The van der Waals surface area contributed by atoms with Crippen LogP contribution >= 0.6 is 11.6 Å². The van der Waals surface area contributed by atoms with Gasteiger partial charge in [0.1, 0.15) is 10.9 Å². The second-order valence-corrected chi connectivity index (χ2v) is 9.27. The van der Waals surface area contributed by atoms with Crippen LogP contribution in [0, 0.1) is 12.3 Å². The maximum Gasteiger partial charge on any atom is 0.248 e. The van der Waals surface area contributed by atoms with Crippen LogP contribution in [0.4, 0.5) is 0 Å². The van der Waals surface area contributed by atoms with Crippen molar-refractivity contribution >= 4 is 34.1 Å². The number of pyridine rings is 1. The number of halogens is 1. The van der Waals surface area contributed by atoms with Crippen molar-refractivity contribution in [3.63, 3.8) is 0 Å². The van der Waals surface area contributed by atoms with E-state index < -0.39 is 5.41 Å². The van der Waals surface area contributed by atoms with Gasteiger partial charge in [0, 0.05) is 22.8 Å².